The molecule has 0 unspecified atom stereocenters. The predicted octanol–water partition coefficient (Wildman–Crippen LogP) is 10.1. The highest BCUT2D eigenvalue weighted by atomic mass is 19.4. The minimum Gasteiger partial charge on any atom is -0.307 e. The first-order chi connectivity index (χ1) is 21.8. The third-order valence-corrected chi connectivity index (χ3v) is 8.53. The number of fused-ring (bicyclic) bond motifs is 6. The lowest BCUT2D eigenvalue weighted by Crippen LogP contribution is -2.07. The number of aryl methyl sites for hydroxylation is 1. The van der Waals surface area contributed by atoms with E-state index < -0.39 is 11.7 Å². The van der Waals surface area contributed by atoms with E-state index in [1.807, 2.05) is 72.2 Å². The van der Waals surface area contributed by atoms with Crippen LogP contribution in [0.1, 0.15) is 16.7 Å². The summed E-state index contributed by atoms with van der Waals surface area (Å²) in [6.07, 6.45) is -1.07. The summed E-state index contributed by atoms with van der Waals surface area (Å²) in [5.74, 6) is 0. The number of para-hydroxylation sites is 2. The molecule has 0 atom stereocenters. The van der Waals surface area contributed by atoms with Crippen molar-refractivity contribution in [2.24, 2.45) is 0 Å². The molecule has 0 N–H and O–H groups in total. The average molecular weight is 593 g/mol. The highest BCUT2D eigenvalue weighted by molar-refractivity contribution is 6.12. The Morgan fingerprint density at radius 2 is 1.16 bits per heavy atom. The zero-order chi connectivity index (χ0) is 30.9. The summed E-state index contributed by atoms with van der Waals surface area (Å²) < 4.78 is 46.2. The molecule has 216 valence electrons. The van der Waals surface area contributed by atoms with Crippen molar-refractivity contribution in [1.82, 2.24) is 14.1 Å². The third kappa shape index (κ3) is 4.03. The number of aromatic nitrogens is 3. The molecule has 0 radical (unpaired) electrons. The Labute approximate surface area is 255 Å². The number of hydrogen-bond acceptors (Lipinski definition) is 2. The molecule has 3 aromatic heterocycles. The van der Waals surface area contributed by atoms with Crippen LogP contribution >= 0.6 is 0 Å². The fourth-order valence-electron chi connectivity index (χ4n) is 6.60. The molecule has 0 fully saturated rings. The quantitative estimate of drug-likeness (QED) is 0.205. The second-order valence-corrected chi connectivity index (χ2v) is 11.2. The van der Waals surface area contributed by atoms with Gasteiger partial charge in [0, 0.05) is 32.7 Å². The summed E-state index contributed by atoms with van der Waals surface area (Å²) in [5.41, 5.74) is 6.47. The van der Waals surface area contributed by atoms with Crippen LogP contribution in [0.2, 0.25) is 0 Å². The smallest absolute Gasteiger partial charge is 0.307 e. The van der Waals surface area contributed by atoms with Crippen LogP contribution in [-0.4, -0.2) is 14.1 Å². The first-order valence-electron chi connectivity index (χ1n) is 14.4. The monoisotopic (exact) mass is 592 g/mol. The first-order valence-corrected chi connectivity index (χ1v) is 14.4. The average Bonchev–Trinajstić information content (AvgIpc) is 3.56. The van der Waals surface area contributed by atoms with Gasteiger partial charge >= 0.3 is 6.18 Å². The topological polar surface area (TPSA) is 46.5 Å². The molecule has 7 heteroatoms. The third-order valence-electron chi connectivity index (χ3n) is 8.53. The Bertz CT molecular complexity index is 2510. The van der Waals surface area contributed by atoms with Gasteiger partial charge in [0.05, 0.1) is 63.0 Å². The molecule has 0 saturated heterocycles. The molecule has 8 aromatic rings. The minimum absolute atomic E-state index is 0.402. The van der Waals surface area contributed by atoms with Crippen molar-refractivity contribution in [2.75, 3.05) is 0 Å². The highest BCUT2D eigenvalue weighted by Crippen LogP contribution is 2.43. The molecule has 8 rings (SSSR count). The maximum absolute atomic E-state index is 14.1. The van der Waals surface area contributed by atoms with Gasteiger partial charge in [0.15, 0.2) is 0 Å². The molecular formula is C38H23F3N4. The van der Waals surface area contributed by atoms with Gasteiger partial charge in [0.2, 0.25) is 0 Å². The van der Waals surface area contributed by atoms with Crippen LogP contribution in [0.4, 0.5) is 13.2 Å². The normalized spacial score (nSPS) is 12.0. The van der Waals surface area contributed by atoms with Crippen molar-refractivity contribution in [3.63, 3.8) is 0 Å². The second kappa shape index (κ2) is 9.83. The maximum atomic E-state index is 14.1. The van der Waals surface area contributed by atoms with Gasteiger partial charge in [-0.3, -0.25) is 4.98 Å². The molecule has 0 spiro atoms. The van der Waals surface area contributed by atoms with E-state index in [9.17, 15) is 18.4 Å². The van der Waals surface area contributed by atoms with E-state index in [4.69, 9.17) is 4.98 Å². The number of nitrogens with zero attached hydrogens (tertiary/aromatic N) is 4. The van der Waals surface area contributed by atoms with Crippen LogP contribution in [0.25, 0.3) is 66.1 Å². The van der Waals surface area contributed by atoms with Crippen LogP contribution in [0.5, 0.6) is 0 Å². The number of nitriles is 1. The van der Waals surface area contributed by atoms with E-state index in [0.717, 1.165) is 44.3 Å². The number of alkyl halides is 3. The highest BCUT2D eigenvalue weighted by Gasteiger charge is 2.32. The van der Waals surface area contributed by atoms with Crippen molar-refractivity contribution < 1.29 is 13.2 Å². The van der Waals surface area contributed by atoms with Crippen LogP contribution < -0.4 is 0 Å². The predicted molar refractivity (Wildman–Crippen MR) is 173 cm³/mol. The van der Waals surface area contributed by atoms with Gasteiger partial charge in [-0.1, -0.05) is 72.8 Å². The summed E-state index contributed by atoms with van der Waals surface area (Å²) in [7, 11) is 0. The molecule has 4 nitrogen and oxygen atoms in total. The van der Waals surface area contributed by atoms with Gasteiger partial charge in [-0.25, -0.2) is 0 Å². The second-order valence-electron chi connectivity index (χ2n) is 11.2. The number of hydrogen-bond donors (Lipinski definition) is 0. The lowest BCUT2D eigenvalue weighted by molar-refractivity contribution is -0.137. The van der Waals surface area contributed by atoms with Gasteiger partial charge < -0.3 is 9.13 Å². The minimum atomic E-state index is -4.52. The Kier molecular flexibility index (Phi) is 5.84. The van der Waals surface area contributed by atoms with Crippen molar-refractivity contribution in [3.8, 4) is 28.6 Å². The van der Waals surface area contributed by atoms with Gasteiger partial charge in [-0.2, -0.15) is 18.4 Å². The molecular weight excluding hydrogens is 569 g/mol. The number of halogens is 3. The standard InChI is InChI=1S/C38H23F3N4/c1-23-14-16-29-27-10-4-6-12-31(27)44(33(29)18-23)35-21-43-22-36(37(35)26-9-3-2-8-24(26)20-42)45-32-13-7-5-11-28(32)30-17-15-25(19-34(30)45)38(39,40)41/h2-19,21-22H,1H3. The number of pyridine rings is 1. The maximum Gasteiger partial charge on any atom is 0.416 e. The largest absolute Gasteiger partial charge is 0.416 e. The van der Waals surface area contributed by atoms with E-state index >= 15 is 0 Å². The van der Waals surface area contributed by atoms with Gasteiger partial charge in [-0.05, 0) is 48.9 Å². The molecule has 0 aliphatic rings. The van der Waals surface area contributed by atoms with Crippen molar-refractivity contribution >= 4 is 43.6 Å². The van der Waals surface area contributed by atoms with Crippen molar-refractivity contribution in [3.05, 3.63) is 138 Å². The van der Waals surface area contributed by atoms with Gasteiger partial charge in [0.25, 0.3) is 0 Å². The van der Waals surface area contributed by atoms with E-state index in [0.29, 0.717) is 39.0 Å². The summed E-state index contributed by atoms with van der Waals surface area (Å²) in [6.45, 7) is 2.04. The van der Waals surface area contributed by atoms with Crippen LogP contribution in [0, 0.1) is 18.3 Å². The van der Waals surface area contributed by atoms with Gasteiger partial charge in [0.1, 0.15) is 0 Å². The molecule has 0 bridgehead atoms. The molecule has 45 heavy (non-hydrogen) atoms. The summed E-state index contributed by atoms with van der Waals surface area (Å²) in [5, 5.41) is 13.9. The molecule has 5 aromatic carbocycles. The lowest BCUT2D eigenvalue weighted by atomic mass is 9.97. The summed E-state index contributed by atoms with van der Waals surface area (Å²) >= 11 is 0. The Hall–Kier alpha value is -5.87. The molecule has 0 aliphatic heterocycles. The molecule has 0 amide bonds. The Morgan fingerprint density at radius 1 is 0.622 bits per heavy atom. The summed E-state index contributed by atoms with van der Waals surface area (Å²) in [6, 6.07) is 35.5. The molecule has 0 aliphatic carbocycles. The fourth-order valence-corrected chi connectivity index (χ4v) is 6.60. The van der Waals surface area contributed by atoms with E-state index in [2.05, 4.69) is 34.9 Å². The van der Waals surface area contributed by atoms with Crippen molar-refractivity contribution in [2.45, 2.75) is 13.1 Å². The molecule has 0 saturated carbocycles. The first kappa shape index (κ1) is 26.7. The van der Waals surface area contributed by atoms with Crippen LogP contribution in [0.3, 0.4) is 0 Å². The fraction of sp³-hybridized carbons (Fsp3) is 0.0526. The zero-order valence-corrected chi connectivity index (χ0v) is 24.0. The van der Waals surface area contributed by atoms with Crippen LogP contribution in [-0.2, 0) is 6.18 Å². The van der Waals surface area contributed by atoms with E-state index in [1.54, 1.807) is 18.5 Å². The lowest BCUT2D eigenvalue weighted by Gasteiger charge is -2.20. The SMILES string of the molecule is Cc1ccc2c3ccccc3n(-c3cncc(-n4c5ccccc5c5ccc(C(F)(F)F)cc54)c3-c3ccccc3C#N)c2c1. The van der Waals surface area contributed by atoms with Gasteiger partial charge in [-0.15, -0.1) is 0 Å². The van der Waals surface area contributed by atoms with E-state index in [1.165, 1.54) is 12.1 Å². The molecule has 3 heterocycles. The Morgan fingerprint density at radius 3 is 1.78 bits per heavy atom. The zero-order valence-electron chi connectivity index (χ0n) is 24.0. The van der Waals surface area contributed by atoms with Crippen molar-refractivity contribution in [1.29, 1.82) is 5.26 Å². The van der Waals surface area contributed by atoms with E-state index in [-0.39, 0.29) is 0 Å². The Balaban J connectivity index is 1.58. The number of benzene rings is 5. The summed E-state index contributed by atoms with van der Waals surface area (Å²) in [4.78, 5) is 4.71. The number of rotatable bonds is 3. The van der Waals surface area contributed by atoms with Crippen LogP contribution in [0.15, 0.2) is 122 Å².